The minimum Gasteiger partial charge on any atom is -0.490 e. The maximum absolute atomic E-state index is 13.6. The van der Waals surface area contributed by atoms with Gasteiger partial charge in [-0.3, -0.25) is 4.79 Å². The molecule has 0 amide bonds. The van der Waals surface area contributed by atoms with Crippen LogP contribution >= 0.6 is 47.8 Å². The largest absolute Gasteiger partial charge is 0.490 e. The first-order chi connectivity index (χ1) is 18.2. The van der Waals surface area contributed by atoms with E-state index >= 15 is 0 Å². The quantitative estimate of drug-likeness (QED) is 0.165. The van der Waals surface area contributed by atoms with Crippen LogP contribution in [0, 0.1) is 5.82 Å². The number of aromatic nitrogens is 2. The van der Waals surface area contributed by atoms with Gasteiger partial charge in [-0.05, 0) is 87.2 Å². The van der Waals surface area contributed by atoms with Gasteiger partial charge in [0.2, 0.25) is 0 Å². The smallest absolute Gasteiger partial charge is 0.282 e. The van der Waals surface area contributed by atoms with Gasteiger partial charge < -0.3 is 9.47 Å². The fraction of sp³-hybridized carbons (Fsp3) is 0.250. The summed E-state index contributed by atoms with van der Waals surface area (Å²) in [6, 6.07) is 13.5. The first kappa shape index (κ1) is 28.4. The molecule has 0 unspecified atom stereocenters. The SMILES string of the molecule is CCOc1cc(C=Nn2c([C@H](C)CC)nc3ccc(Br)cc3c2=O)c(Br)c(Br)c1OCc1cccc(F)c1. The lowest BCUT2D eigenvalue weighted by atomic mass is 10.1. The topological polar surface area (TPSA) is 65.7 Å². The molecule has 1 atom stereocenters. The van der Waals surface area contributed by atoms with Crippen LogP contribution in [0.3, 0.4) is 0 Å². The van der Waals surface area contributed by atoms with Crippen LogP contribution in [-0.2, 0) is 6.61 Å². The van der Waals surface area contributed by atoms with Crippen molar-refractivity contribution < 1.29 is 13.9 Å². The zero-order valence-corrected chi connectivity index (χ0v) is 25.7. The molecule has 4 rings (SSSR count). The Morgan fingerprint density at radius 1 is 1.08 bits per heavy atom. The average Bonchev–Trinajstić information content (AvgIpc) is 2.90. The summed E-state index contributed by atoms with van der Waals surface area (Å²) in [5.74, 6) is 1.22. The summed E-state index contributed by atoms with van der Waals surface area (Å²) < 4.78 is 28.9. The Morgan fingerprint density at radius 2 is 1.87 bits per heavy atom. The molecular formula is C28H25Br3FN3O3. The number of rotatable bonds is 9. The van der Waals surface area contributed by atoms with Gasteiger partial charge in [0.15, 0.2) is 11.5 Å². The number of benzene rings is 3. The van der Waals surface area contributed by atoms with E-state index in [1.807, 2.05) is 32.9 Å². The van der Waals surface area contributed by atoms with E-state index in [-0.39, 0.29) is 23.9 Å². The van der Waals surface area contributed by atoms with E-state index in [2.05, 4.69) is 52.9 Å². The maximum Gasteiger partial charge on any atom is 0.282 e. The third-order valence-corrected chi connectivity index (χ3v) is 8.56. The molecule has 10 heteroatoms. The number of hydrogen-bond acceptors (Lipinski definition) is 5. The molecule has 0 N–H and O–H groups in total. The summed E-state index contributed by atoms with van der Waals surface area (Å²) in [7, 11) is 0. The number of fused-ring (bicyclic) bond motifs is 1. The van der Waals surface area contributed by atoms with Gasteiger partial charge in [0.05, 0.1) is 28.2 Å². The fourth-order valence-corrected chi connectivity index (χ4v) is 5.07. The summed E-state index contributed by atoms with van der Waals surface area (Å²) in [6.07, 6.45) is 2.39. The maximum atomic E-state index is 13.6. The lowest BCUT2D eigenvalue weighted by Crippen LogP contribution is -2.23. The van der Waals surface area contributed by atoms with Crippen LogP contribution in [-0.4, -0.2) is 22.5 Å². The van der Waals surface area contributed by atoms with Crippen LogP contribution in [0.25, 0.3) is 10.9 Å². The van der Waals surface area contributed by atoms with Crippen LogP contribution in [0.5, 0.6) is 11.5 Å². The normalized spacial score (nSPS) is 12.3. The molecule has 0 saturated heterocycles. The van der Waals surface area contributed by atoms with Crippen LogP contribution in [0.1, 0.15) is 50.1 Å². The summed E-state index contributed by atoms with van der Waals surface area (Å²) in [4.78, 5) is 18.2. The zero-order chi connectivity index (χ0) is 27.4. The monoisotopic (exact) mass is 707 g/mol. The molecule has 0 aliphatic rings. The van der Waals surface area contributed by atoms with E-state index in [9.17, 15) is 9.18 Å². The minimum absolute atomic E-state index is 0.0145. The Labute approximate surface area is 245 Å². The van der Waals surface area contributed by atoms with Gasteiger partial charge in [0, 0.05) is 20.4 Å². The Hall–Kier alpha value is -2.56. The highest BCUT2D eigenvalue weighted by Gasteiger charge is 2.19. The molecule has 198 valence electrons. The van der Waals surface area contributed by atoms with Crippen molar-refractivity contribution in [1.82, 2.24) is 9.66 Å². The number of nitrogens with zero attached hydrogens (tertiary/aromatic N) is 3. The highest BCUT2D eigenvalue weighted by molar-refractivity contribution is 9.13. The fourth-order valence-electron chi connectivity index (χ4n) is 3.78. The first-order valence-corrected chi connectivity index (χ1v) is 14.4. The molecule has 4 aromatic rings. The highest BCUT2D eigenvalue weighted by Crippen LogP contribution is 2.43. The van der Waals surface area contributed by atoms with Gasteiger partial charge in [-0.2, -0.15) is 9.78 Å². The van der Waals surface area contributed by atoms with E-state index < -0.39 is 0 Å². The molecule has 38 heavy (non-hydrogen) atoms. The molecule has 3 aromatic carbocycles. The molecule has 0 aliphatic heterocycles. The molecule has 0 radical (unpaired) electrons. The lowest BCUT2D eigenvalue weighted by Gasteiger charge is -2.17. The standard InChI is InChI=1S/C28H25Br3FN3O3/c1-4-16(3)27-34-22-10-9-19(29)13-21(22)28(36)35(27)33-14-18-12-23(37-5-2)26(25(31)24(18)30)38-15-17-7-6-8-20(32)11-17/h6-14,16H,4-5,15H2,1-3H3/t16-/m1/s1. The Bertz CT molecular complexity index is 1570. The number of ether oxygens (including phenoxy) is 2. The summed E-state index contributed by atoms with van der Waals surface area (Å²) in [5.41, 5.74) is 1.73. The molecule has 0 spiro atoms. The summed E-state index contributed by atoms with van der Waals surface area (Å²) in [6.45, 7) is 6.49. The molecule has 0 aliphatic carbocycles. The lowest BCUT2D eigenvalue weighted by molar-refractivity contribution is 0.267. The molecule has 6 nitrogen and oxygen atoms in total. The zero-order valence-electron chi connectivity index (χ0n) is 21.0. The molecule has 0 saturated carbocycles. The van der Waals surface area contributed by atoms with E-state index in [1.54, 1.807) is 30.5 Å². The molecule has 1 aromatic heterocycles. The molecular weight excluding hydrogens is 685 g/mol. The van der Waals surface area contributed by atoms with Gasteiger partial charge >= 0.3 is 0 Å². The van der Waals surface area contributed by atoms with Crippen molar-refractivity contribution in [3.8, 4) is 11.5 Å². The van der Waals surface area contributed by atoms with Crippen molar-refractivity contribution >= 4 is 64.9 Å². The highest BCUT2D eigenvalue weighted by atomic mass is 79.9. The van der Waals surface area contributed by atoms with Crippen molar-refractivity contribution in [3.63, 3.8) is 0 Å². The Balaban J connectivity index is 1.77. The van der Waals surface area contributed by atoms with E-state index in [4.69, 9.17) is 14.5 Å². The van der Waals surface area contributed by atoms with Crippen molar-refractivity contribution in [2.24, 2.45) is 5.10 Å². The molecule has 1 heterocycles. The third-order valence-electron chi connectivity index (χ3n) is 5.93. The summed E-state index contributed by atoms with van der Waals surface area (Å²) in [5, 5.41) is 5.05. The summed E-state index contributed by atoms with van der Waals surface area (Å²) >= 11 is 10.6. The molecule has 0 fully saturated rings. The van der Waals surface area contributed by atoms with Crippen molar-refractivity contribution in [3.05, 3.63) is 95.1 Å². The second-order valence-electron chi connectivity index (χ2n) is 8.57. The van der Waals surface area contributed by atoms with Gasteiger partial charge in [-0.15, -0.1) is 0 Å². The average molecular weight is 710 g/mol. The van der Waals surface area contributed by atoms with E-state index in [1.165, 1.54) is 16.8 Å². The van der Waals surface area contributed by atoms with Crippen molar-refractivity contribution in [1.29, 1.82) is 0 Å². The number of halogens is 4. The van der Waals surface area contributed by atoms with Crippen LogP contribution in [0.15, 0.2) is 71.8 Å². The predicted octanol–water partition coefficient (Wildman–Crippen LogP) is 8.20. The van der Waals surface area contributed by atoms with Gasteiger partial charge in [-0.1, -0.05) is 41.9 Å². The second kappa shape index (κ2) is 12.5. The van der Waals surface area contributed by atoms with Gasteiger partial charge in [0.1, 0.15) is 18.2 Å². The predicted molar refractivity (Wildman–Crippen MR) is 159 cm³/mol. The molecule has 0 bridgehead atoms. The van der Waals surface area contributed by atoms with Crippen LogP contribution < -0.4 is 15.0 Å². The van der Waals surface area contributed by atoms with Gasteiger partial charge in [-0.25, -0.2) is 9.37 Å². The Morgan fingerprint density at radius 3 is 2.58 bits per heavy atom. The van der Waals surface area contributed by atoms with Gasteiger partial charge in [0.25, 0.3) is 5.56 Å². The van der Waals surface area contributed by atoms with Crippen molar-refractivity contribution in [2.45, 2.75) is 39.7 Å². The van der Waals surface area contributed by atoms with Crippen LogP contribution in [0.4, 0.5) is 4.39 Å². The first-order valence-electron chi connectivity index (χ1n) is 12.0. The van der Waals surface area contributed by atoms with Crippen LogP contribution in [0.2, 0.25) is 0 Å². The number of hydrogen-bond donors (Lipinski definition) is 0. The Kier molecular flexibility index (Phi) is 9.38. The van der Waals surface area contributed by atoms with E-state index in [0.29, 0.717) is 54.9 Å². The second-order valence-corrected chi connectivity index (χ2v) is 11.1. The third kappa shape index (κ3) is 6.18. The van der Waals surface area contributed by atoms with Crippen molar-refractivity contribution in [2.75, 3.05) is 6.61 Å². The van der Waals surface area contributed by atoms with E-state index in [0.717, 1.165) is 10.9 Å². The minimum atomic E-state index is -0.328.